The van der Waals surface area contributed by atoms with Crippen LogP contribution in [0.15, 0.2) is 27.3 Å². The number of hydrogen-bond acceptors (Lipinski definition) is 7. The highest BCUT2D eigenvalue weighted by Crippen LogP contribution is 2.19. The molecule has 9 heteroatoms. The predicted octanol–water partition coefficient (Wildman–Crippen LogP) is 2.06. The minimum Gasteiger partial charge on any atom is -0.401 e. The van der Waals surface area contributed by atoms with Crippen LogP contribution in [0.4, 0.5) is 6.01 Å². The number of rotatable bonds is 4. The van der Waals surface area contributed by atoms with E-state index in [-0.39, 0.29) is 23.6 Å². The summed E-state index contributed by atoms with van der Waals surface area (Å²) in [6, 6.07) is 3.47. The first-order valence-corrected chi connectivity index (χ1v) is 6.66. The van der Waals surface area contributed by atoms with Crippen LogP contribution in [0.1, 0.15) is 36.1 Å². The van der Waals surface area contributed by atoms with Crippen molar-refractivity contribution in [1.82, 2.24) is 25.1 Å². The molecular weight excluding hydrogens is 288 g/mol. The number of aryl methyl sites for hydroxylation is 1. The third kappa shape index (κ3) is 2.73. The second-order valence-corrected chi connectivity index (χ2v) is 4.96. The fraction of sp³-hybridized carbons (Fsp3) is 0.308. The van der Waals surface area contributed by atoms with E-state index in [0.717, 1.165) is 0 Å². The van der Waals surface area contributed by atoms with Gasteiger partial charge in [0.15, 0.2) is 5.69 Å². The molecule has 1 N–H and O–H groups in total. The highest BCUT2D eigenvalue weighted by molar-refractivity contribution is 6.01. The van der Waals surface area contributed by atoms with E-state index in [2.05, 4.69) is 25.8 Å². The van der Waals surface area contributed by atoms with Gasteiger partial charge in [0.2, 0.25) is 0 Å². The number of carbonyl (C=O) groups is 1. The van der Waals surface area contributed by atoms with Gasteiger partial charge in [0.1, 0.15) is 11.5 Å². The lowest BCUT2D eigenvalue weighted by atomic mass is 10.3. The molecule has 0 spiro atoms. The topological polar surface area (TPSA) is 112 Å². The molecule has 1 amide bonds. The summed E-state index contributed by atoms with van der Waals surface area (Å²) in [6.45, 7) is 5.71. The zero-order chi connectivity index (χ0) is 15.7. The number of nitrogens with one attached hydrogen (secondary N) is 1. The Hall–Kier alpha value is -2.97. The van der Waals surface area contributed by atoms with Gasteiger partial charge in [0.05, 0.1) is 0 Å². The molecule has 0 aliphatic rings. The molecule has 0 fully saturated rings. The Morgan fingerprint density at radius 2 is 2.18 bits per heavy atom. The van der Waals surface area contributed by atoms with Gasteiger partial charge in [-0.15, -0.1) is 5.10 Å². The molecule has 0 saturated carbocycles. The maximum atomic E-state index is 11.9. The average Bonchev–Trinajstić information content (AvgIpc) is 3.16. The van der Waals surface area contributed by atoms with Gasteiger partial charge in [-0.3, -0.25) is 14.8 Å². The van der Waals surface area contributed by atoms with Crippen LogP contribution in [0.5, 0.6) is 0 Å². The van der Waals surface area contributed by atoms with Crippen molar-refractivity contribution >= 4 is 11.9 Å². The monoisotopic (exact) mass is 302 g/mol. The zero-order valence-corrected chi connectivity index (χ0v) is 12.3. The van der Waals surface area contributed by atoms with Crippen molar-refractivity contribution in [3.8, 4) is 11.6 Å². The number of hydrogen-bond donors (Lipinski definition) is 1. The van der Waals surface area contributed by atoms with Crippen molar-refractivity contribution in [1.29, 1.82) is 0 Å². The van der Waals surface area contributed by atoms with E-state index in [1.165, 1.54) is 6.07 Å². The molecule has 0 atom stereocenters. The van der Waals surface area contributed by atoms with Crippen LogP contribution in [0, 0.1) is 6.92 Å². The fourth-order valence-electron chi connectivity index (χ4n) is 1.75. The van der Waals surface area contributed by atoms with Gasteiger partial charge in [-0.05, 0) is 26.8 Å². The molecule has 0 saturated heterocycles. The summed E-state index contributed by atoms with van der Waals surface area (Å²) in [6.07, 6.45) is 1.82. The zero-order valence-electron chi connectivity index (χ0n) is 12.3. The molecule has 0 unspecified atom stereocenters. The molecular formula is C13H14N6O3. The summed E-state index contributed by atoms with van der Waals surface area (Å²) in [7, 11) is 0. The molecule has 0 radical (unpaired) electrons. The SMILES string of the molecule is Cc1cc(C(=O)Nc2nnc(-c3ccn(C(C)C)n3)o2)no1. The van der Waals surface area contributed by atoms with Crippen molar-refractivity contribution in [2.75, 3.05) is 5.32 Å². The summed E-state index contributed by atoms with van der Waals surface area (Å²) in [5, 5.41) is 18.0. The van der Waals surface area contributed by atoms with Gasteiger partial charge in [0.25, 0.3) is 11.8 Å². The Bertz CT molecular complexity index is 800. The summed E-state index contributed by atoms with van der Waals surface area (Å²) in [5.41, 5.74) is 0.681. The Balaban J connectivity index is 1.74. The first kappa shape index (κ1) is 14.0. The Morgan fingerprint density at radius 3 is 2.82 bits per heavy atom. The molecule has 3 heterocycles. The lowest BCUT2D eigenvalue weighted by molar-refractivity contribution is 0.101. The smallest absolute Gasteiger partial charge is 0.322 e. The normalized spacial score (nSPS) is 11.1. The molecule has 9 nitrogen and oxygen atoms in total. The third-order valence-corrected chi connectivity index (χ3v) is 2.86. The average molecular weight is 302 g/mol. The molecule has 3 aromatic rings. The van der Waals surface area contributed by atoms with Gasteiger partial charge < -0.3 is 8.94 Å². The Morgan fingerprint density at radius 1 is 1.36 bits per heavy atom. The maximum absolute atomic E-state index is 11.9. The summed E-state index contributed by atoms with van der Waals surface area (Å²) in [5.74, 6) is 0.279. The number of amides is 1. The highest BCUT2D eigenvalue weighted by atomic mass is 16.5. The van der Waals surface area contributed by atoms with Crippen LogP contribution in [-0.2, 0) is 0 Å². The first-order valence-electron chi connectivity index (χ1n) is 6.66. The second-order valence-electron chi connectivity index (χ2n) is 4.96. The van der Waals surface area contributed by atoms with Crippen LogP contribution in [-0.4, -0.2) is 31.0 Å². The first-order chi connectivity index (χ1) is 10.5. The van der Waals surface area contributed by atoms with Gasteiger partial charge in [-0.2, -0.15) is 5.10 Å². The third-order valence-electron chi connectivity index (χ3n) is 2.86. The lowest BCUT2D eigenvalue weighted by Gasteiger charge is -2.02. The molecule has 3 aromatic heterocycles. The second kappa shape index (κ2) is 5.43. The van der Waals surface area contributed by atoms with Crippen molar-refractivity contribution < 1.29 is 13.7 Å². The Kier molecular flexibility index (Phi) is 3.45. The van der Waals surface area contributed by atoms with Crippen molar-refractivity contribution in [2.24, 2.45) is 0 Å². The molecule has 114 valence electrons. The molecule has 0 bridgehead atoms. The van der Waals surface area contributed by atoms with Crippen LogP contribution in [0.3, 0.4) is 0 Å². The molecule has 0 aliphatic heterocycles. The van der Waals surface area contributed by atoms with E-state index in [9.17, 15) is 4.79 Å². The minimum atomic E-state index is -0.486. The standard InChI is InChI=1S/C13H14N6O3/c1-7(2)19-5-4-9(17-19)12-15-16-13(21-12)14-11(20)10-6-8(3)22-18-10/h4-7H,1-3H3,(H,14,16,20). The van der Waals surface area contributed by atoms with Gasteiger partial charge in [0, 0.05) is 18.3 Å². The van der Waals surface area contributed by atoms with E-state index in [1.54, 1.807) is 17.7 Å². The van der Waals surface area contributed by atoms with Gasteiger partial charge in [-0.25, -0.2) is 0 Å². The quantitative estimate of drug-likeness (QED) is 0.784. The van der Waals surface area contributed by atoms with Crippen LogP contribution in [0.25, 0.3) is 11.6 Å². The maximum Gasteiger partial charge on any atom is 0.322 e. The predicted molar refractivity (Wildman–Crippen MR) is 75.1 cm³/mol. The van der Waals surface area contributed by atoms with Gasteiger partial charge in [-0.1, -0.05) is 10.3 Å². The van der Waals surface area contributed by atoms with Gasteiger partial charge >= 0.3 is 6.01 Å². The minimum absolute atomic E-state index is 0.0280. The summed E-state index contributed by atoms with van der Waals surface area (Å²) in [4.78, 5) is 11.9. The number of anilines is 1. The largest absolute Gasteiger partial charge is 0.401 e. The number of aromatic nitrogens is 5. The van der Waals surface area contributed by atoms with E-state index in [0.29, 0.717) is 11.5 Å². The lowest BCUT2D eigenvalue weighted by Crippen LogP contribution is -2.12. The fourth-order valence-corrected chi connectivity index (χ4v) is 1.75. The molecule has 3 rings (SSSR count). The number of nitrogens with zero attached hydrogens (tertiary/aromatic N) is 5. The van der Waals surface area contributed by atoms with E-state index >= 15 is 0 Å². The summed E-state index contributed by atoms with van der Waals surface area (Å²) >= 11 is 0. The molecule has 0 aromatic carbocycles. The van der Waals surface area contributed by atoms with Crippen molar-refractivity contribution in [3.63, 3.8) is 0 Å². The van der Waals surface area contributed by atoms with E-state index < -0.39 is 5.91 Å². The highest BCUT2D eigenvalue weighted by Gasteiger charge is 2.17. The van der Waals surface area contributed by atoms with E-state index in [1.807, 2.05) is 20.0 Å². The van der Waals surface area contributed by atoms with E-state index in [4.69, 9.17) is 8.94 Å². The molecule has 22 heavy (non-hydrogen) atoms. The summed E-state index contributed by atoms with van der Waals surface area (Å²) < 4.78 is 12.0. The van der Waals surface area contributed by atoms with Crippen LogP contribution >= 0.6 is 0 Å². The Labute approximate surface area is 125 Å². The number of carbonyl (C=O) groups excluding carboxylic acids is 1. The van der Waals surface area contributed by atoms with Crippen molar-refractivity contribution in [2.45, 2.75) is 26.8 Å². The van der Waals surface area contributed by atoms with Crippen LogP contribution in [0.2, 0.25) is 0 Å². The molecule has 0 aliphatic carbocycles. The van der Waals surface area contributed by atoms with Crippen molar-refractivity contribution in [3.05, 3.63) is 29.8 Å². The van der Waals surface area contributed by atoms with Crippen LogP contribution < -0.4 is 5.32 Å².